The van der Waals surface area contributed by atoms with Gasteiger partial charge in [0.25, 0.3) is 0 Å². The van der Waals surface area contributed by atoms with Crippen LogP contribution in [0, 0.1) is 11.6 Å². The minimum absolute atomic E-state index is 0.0471. The predicted octanol–water partition coefficient (Wildman–Crippen LogP) is 6.06. The third-order valence-electron chi connectivity index (χ3n) is 6.65. The molecule has 1 unspecified atom stereocenters. The van der Waals surface area contributed by atoms with Gasteiger partial charge in [-0.3, -0.25) is 14.5 Å². The van der Waals surface area contributed by atoms with Crippen LogP contribution in [0.25, 0.3) is 0 Å². The second kappa shape index (κ2) is 10.8. The van der Waals surface area contributed by atoms with Crippen LogP contribution in [0.3, 0.4) is 0 Å². The predicted molar refractivity (Wildman–Crippen MR) is 147 cm³/mol. The molecule has 5 rings (SSSR count). The summed E-state index contributed by atoms with van der Waals surface area (Å²) in [5, 5.41) is 10.0. The Morgan fingerprint density at radius 1 is 0.821 bits per heavy atom. The number of hydrogen-bond donors (Lipinski definition) is 2. The number of carboxylic acids is 1. The lowest BCUT2D eigenvalue weighted by Gasteiger charge is -2.41. The van der Waals surface area contributed by atoms with Crippen molar-refractivity contribution in [3.8, 4) is 0 Å². The Morgan fingerprint density at radius 2 is 1.38 bits per heavy atom. The Morgan fingerprint density at radius 3 is 2.03 bits per heavy atom. The number of para-hydroxylation sites is 6. The number of carbonyl (C=O) groups excluding carboxylic acids is 1. The summed E-state index contributed by atoms with van der Waals surface area (Å²) in [6.07, 6.45) is -1.81. The highest BCUT2D eigenvalue weighted by Gasteiger charge is 2.38. The zero-order valence-corrected chi connectivity index (χ0v) is 20.9. The van der Waals surface area contributed by atoms with Gasteiger partial charge in [-0.15, -0.1) is 0 Å². The van der Waals surface area contributed by atoms with Crippen LogP contribution in [-0.4, -0.2) is 29.7 Å². The molecule has 0 saturated heterocycles. The van der Waals surface area contributed by atoms with Crippen molar-refractivity contribution in [2.75, 3.05) is 27.0 Å². The van der Waals surface area contributed by atoms with Gasteiger partial charge in [-0.2, -0.15) is 0 Å². The number of fused-ring (bicyclic) bond motifs is 1. The molecule has 0 saturated carbocycles. The maximum atomic E-state index is 15.3. The molecule has 1 amide bonds. The fourth-order valence-electron chi connectivity index (χ4n) is 4.99. The summed E-state index contributed by atoms with van der Waals surface area (Å²) in [4.78, 5) is 30.6. The Kier molecular flexibility index (Phi) is 7.14. The van der Waals surface area contributed by atoms with E-state index in [9.17, 15) is 19.1 Å². The van der Waals surface area contributed by atoms with Crippen molar-refractivity contribution in [1.82, 2.24) is 0 Å². The average molecular weight is 529 g/mol. The van der Waals surface area contributed by atoms with Gasteiger partial charge in [0.2, 0.25) is 5.91 Å². The third kappa shape index (κ3) is 4.98. The van der Waals surface area contributed by atoms with Crippen molar-refractivity contribution in [3.05, 3.63) is 109 Å². The number of rotatable bonds is 7. The molecule has 39 heavy (non-hydrogen) atoms. The van der Waals surface area contributed by atoms with Crippen molar-refractivity contribution < 1.29 is 23.5 Å². The maximum absolute atomic E-state index is 15.3. The Balaban J connectivity index is 1.74. The molecule has 3 N–H and O–H groups in total. The average Bonchev–Trinajstić information content (AvgIpc) is 3.06. The first kappa shape index (κ1) is 25.7. The van der Waals surface area contributed by atoms with Crippen molar-refractivity contribution in [3.63, 3.8) is 0 Å². The fourth-order valence-corrected chi connectivity index (χ4v) is 4.99. The first-order chi connectivity index (χ1) is 18.9. The van der Waals surface area contributed by atoms with E-state index in [0.29, 0.717) is 17.1 Å². The van der Waals surface area contributed by atoms with Gasteiger partial charge in [0.05, 0.1) is 40.5 Å². The number of nitrogen functional groups attached to an aromatic ring is 1. The Bertz CT molecular complexity index is 1480. The van der Waals surface area contributed by atoms with Crippen molar-refractivity contribution in [2.45, 2.75) is 19.0 Å². The highest BCUT2D eigenvalue weighted by Crippen LogP contribution is 2.43. The highest BCUT2D eigenvalue weighted by atomic mass is 19.1. The standard InChI is InChI=1S/C30H26F2N4O3/c31-20-9-1-4-12-23(20)34-18-17-29(37)36(27-16-8-7-15-26(27)34)28(19-30(38)39)35(24-13-5-2-10-21(24)32)25-14-6-3-11-22(25)33/h1-16,28H,17-19,33H2,(H,38,39). The number of nitrogens with two attached hydrogens (primary N) is 1. The van der Waals surface area contributed by atoms with E-state index in [-0.39, 0.29) is 30.0 Å². The maximum Gasteiger partial charge on any atom is 0.307 e. The fraction of sp³-hybridized carbons (Fsp3) is 0.133. The molecule has 0 aromatic heterocycles. The summed E-state index contributed by atoms with van der Waals surface area (Å²) < 4.78 is 30.2. The quantitative estimate of drug-likeness (QED) is 0.284. The largest absolute Gasteiger partial charge is 0.481 e. The topological polar surface area (TPSA) is 90.1 Å². The van der Waals surface area contributed by atoms with Crippen LogP contribution >= 0.6 is 0 Å². The van der Waals surface area contributed by atoms with Crippen LogP contribution in [0.1, 0.15) is 12.8 Å². The van der Waals surface area contributed by atoms with Crippen molar-refractivity contribution in [1.29, 1.82) is 0 Å². The molecular formula is C30H26F2N4O3. The van der Waals surface area contributed by atoms with Crippen molar-refractivity contribution in [2.24, 2.45) is 0 Å². The molecule has 1 heterocycles. The van der Waals surface area contributed by atoms with E-state index in [1.165, 1.54) is 34.1 Å². The van der Waals surface area contributed by atoms with Crippen LogP contribution in [-0.2, 0) is 9.59 Å². The van der Waals surface area contributed by atoms with E-state index in [0.717, 1.165) is 0 Å². The van der Waals surface area contributed by atoms with Gasteiger partial charge < -0.3 is 20.6 Å². The van der Waals surface area contributed by atoms with Crippen LogP contribution in [0.4, 0.5) is 42.9 Å². The van der Waals surface area contributed by atoms with E-state index in [2.05, 4.69) is 0 Å². The summed E-state index contributed by atoms with van der Waals surface area (Å²) in [7, 11) is 0. The molecule has 198 valence electrons. The lowest BCUT2D eigenvalue weighted by Crippen LogP contribution is -2.51. The smallest absolute Gasteiger partial charge is 0.307 e. The van der Waals surface area contributed by atoms with Crippen LogP contribution in [0.15, 0.2) is 97.1 Å². The summed E-state index contributed by atoms with van der Waals surface area (Å²) in [6.45, 7) is 0.153. The first-order valence-corrected chi connectivity index (χ1v) is 12.4. The van der Waals surface area contributed by atoms with E-state index in [1.54, 1.807) is 77.7 Å². The molecule has 1 aliphatic heterocycles. The zero-order valence-electron chi connectivity index (χ0n) is 20.9. The minimum atomic E-state index is -1.21. The Hall–Kier alpha value is -4.92. The van der Waals surface area contributed by atoms with E-state index in [4.69, 9.17) is 5.73 Å². The summed E-state index contributed by atoms with van der Waals surface area (Å²) in [5.41, 5.74) is 8.16. The van der Waals surface area contributed by atoms with Gasteiger partial charge in [0.1, 0.15) is 17.8 Å². The third-order valence-corrected chi connectivity index (χ3v) is 6.65. The molecule has 9 heteroatoms. The molecule has 7 nitrogen and oxygen atoms in total. The monoisotopic (exact) mass is 528 g/mol. The van der Waals surface area contributed by atoms with E-state index in [1.807, 2.05) is 0 Å². The first-order valence-electron chi connectivity index (χ1n) is 12.4. The highest BCUT2D eigenvalue weighted by molar-refractivity contribution is 6.01. The van der Waals surface area contributed by atoms with E-state index >= 15 is 4.39 Å². The number of nitrogens with zero attached hydrogens (tertiary/aromatic N) is 3. The number of benzene rings is 4. The number of aliphatic carboxylic acids is 1. The molecule has 0 spiro atoms. The van der Waals surface area contributed by atoms with Gasteiger partial charge in [-0.05, 0) is 48.5 Å². The van der Waals surface area contributed by atoms with E-state index < -0.39 is 36.1 Å². The molecule has 1 aliphatic rings. The molecular weight excluding hydrogens is 502 g/mol. The van der Waals surface area contributed by atoms with Crippen LogP contribution in [0.5, 0.6) is 0 Å². The normalized spacial score (nSPS) is 13.9. The van der Waals surface area contributed by atoms with Crippen LogP contribution in [0.2, 0.25) is 0 Å². The molecule has 1 atom stereocenters. The molecule has 4 aromatic rings. The van der Waals surface area contributed by atoms with Gasteiger partial charge in [0, 0.05) is 13.0 Å². The second-order valence-electron chi connectivity index (χ2n) is 9.06. The van der Waals surface area contributed by atoms with Gasteiger partial charge in [-0.25, -0.2) is 8.78 Å². The lowest BCUT2D eigenvalue weighted by atomic mass is 10.1. The number of amides is 1. The lowest BCUT2D eigenvalue weighted by molar-refractivity contribution is -0.137. The second-order valence-corrected chi connectivity index (χ2v) is 9.06. The van der Waals surface area contributed by atoms with Crippen molar-refractivity contribution >= 4 is 46.0 Å². The number of hydrogen-bond acceptors (Lipinski definition) is 5. The summed E-state index contributed by atoms with van der Waals surface area (Å²) in [6, 6.07) is 25.8. The van der Waals surface area contributed by atoms with Crippen LogP contribution < -0.4 is 20.4 Å². The molecule has 4 aromatic carbocycles. The minimum Gasteiger partial charge on any atom is -0.481 e. The zero-order chi connectivity index (χ0) is 27.5. The molecule has 0 fully saturated rings. The van der Waals surface area contributed by atoms with Gasteiger partial charge in [0.15, 0.2) is 0 Å². The van der Waals surface area contributed by atoms with Gasteiger partial charge in [-0.1, -0.05) is 48.5 Å². The number of anilines is 6. The SMILES string of the molecule is Nc1ccccc1N(c1ccccc1F)C(CC(=O)O)N1C(=O)CCN(c2ccccc2F)c2ccccc21. The molecule has 0 radical (unpaired) electrons. The number of halogens is 2. The molecule has 0 bridgehead atoms. The number of carbonyl (C=O) groups is 2. The van der Waals surface area contributed by atoms with Gasteiger partial charge >= 0.3 is 5.97 Å². The summed E-state index contributed by atoms with van der Waals surface area (Å²) in [5.74, 6) is -2.67. The molecule has 0 aliphatic carbocycles. The Labute approximate surface area is 224 Å². The number of carboxylic acid groups (broad SMARTS) is 1. The summed E-state index contributed by atoms with van der Waals surface area (Å²) >= 11 is 0.